The molecule has 2 atom stereocenters. The number of benzene rings is 3. The fourth-order valence-electron chi connectivity index (χ4n) is 4.56. The molecule has 2 aliphatic heterocycles. The number of carbonyl (C=O) groups excluding carboxylic acids is 2. The number of amides is 2. The lowest BCUT2D eigenvalue weighted by Gasteiger charge is -2.18. The van der Waals surface area contributed by atoms with Crippen molar-refractivity contribution in [3.05, 3.63) is 89.5 Å². The monoisotopic (exact) mass is 442 g/mol. The molecule has 5 rings (SSSR count). The molecule has 0 radical (unpaired) electrons. The van der Waals surface area contributed by atoms with Gasteiger partial charge in [-0.3, -0.25) is 9.59 Å². The van der Waals surface area contributed by atoms with Gasteiger partial charge in [0.05, 0.1) is 7.11 Å². The van der Waals surface area contributed by atoms with E-state index < -0.39 is 6.10 Å². The maximum atomic E-state index is 13.1. The predicted molar refractivity (Wildman–Crippen MR) is 126 cm³/mol. The summed E-state index contributed by atoms with van der Waals surface area (Å²) in [4.78, 5) is 27.7. The Morgan fingerprint density at radius 3 is 2.64 bits per heavy atom. The van der Waals surface area contributed by atoms with Crippen molar-refractivity contribution in [1.29, 1.82) is 0 Å². The van der Waals surface area contributed by atoms with Gasteiger partial charge in [-0.25, -0.2) is 0 Å². The molecular formula is C27H26N2O4. The van der Waals surface area contributed by atoms with Gasteiger partial charge in [0, 0.05) is 36.7 Å². The lowest BCUT2D eigenvalue weighted by molar-refractivity contribution is -0.122. The van der Waals surface area contributed by atoms with Crippen molar-refractivity contribution in [3.8, 4) is 11.5 Å². The van der Waals surface area contributed by atoms with Gasteiger partial charge in [0.25, 0.3) is 11.8 Å². The van der Waals surface area contributed by atoms with Crippen molar-refractivity contribution < 1.29 is 19.1 Å². The van der Waals surface area contributed by atoms with Crippen molar-refractivity contribution in [2.45, 2.75) is 24.9 Å². The largest absolute Gasteiger partial charge is 0.497 e. The molecule has 1 saturated heterocycles. The minimum Gasteiger partial charge on any atom is -0.497 e. The first-order chi connectivity index (χ1) is 16.1. The van der Waals surface area contributed by atoms with E-state index in [1.54, 1.807) is 31.4 Å². The van der Waals surface area contributed by atoms with Gasteiger partial charge in [-0.15, -0.1) is 0 Å². The Hall–Kier alpha value is -3.80. The molecule has 0 aliphatic carbocycles. The Kier molecular flexibility index (Phi) is 5.73. The highest BCUT2D eigenvalue weighted by atomic mass is 16.5. The van der Waals surface area contributed by atoms with Gasteiger partial charge in [-0.1, -0.05) is 36.4 Å². The number of rotatable bonds is 5. The van der Waals surface area contributed by atoms with E-state index in [1.807, 2.05) is 41.3 Å². The van der Waals surface area contributed by atoms with Gasteiger partial charge in [-0.05, 0) is 53.9 Å². The number of nitrogens with zero attached hydrogens (tertiary/aromatic N) is 1. The second kappa shape index (κ2) is 8.98. The summed E-state index contributed by atoms with van der Waals surface area (Å²) in [7, 11) is 1.65. The number of para-hydroxylation sites is 1. The SMILES string of the molecule is COc1ccc(C2CCN(C(=O)c3cccc(NC(=O)C4Cc5ccccc5O4)c3)C2)cc1. The Labute approximate surface area is 193 Å². The van der Waals surface area contributed by atoms with Gasteiger partial charge in [0.2, 0.25) is 0 Å². The van der Waals surface area contributed by atoms with Crippen LogP contribution in [-0.4, -0.2) is 43.0 Å². The zero-order valence-corrected chi connectivity index (χ0v) is 18.5. The molecule has 2 unspecified atom stereocenters. The molecule has 0 aromatic heterocycles. The number of methoxy groups -OCH3 is 1. The number of fused-ring (bicyclic) bond motifs is 1. The van der Waals surface area contributed by atoms with Crippen LogP contribution in [0.15, 0.2) is 72.8 Å². The van der Waals surface area contributed by atoms with Crippen LogP contribution in [0, 0.1) is 0 Å². The molecule has 0 saturated carbocycles. The Balaban J connectivity index is 1.22. The Morgan fingerprint density at radius 1 is 1.03 bits per heavy atom. The second-order valence-corrected chi connectivity index (χ2v) is 8.50. The standard InChI is InChI=1S/C27H26N2O4/c1-32-23-11-9-18(10-12-23)21-13-14-29(17-21)27(31)20-6-4-7-22(15-20)28-26(30)25-16-19-5-2-3-8-24(19)33-25/h2-12,15,21,25H,13-14,16-17H2,1H3,(H,28,30). The first kappa shape index (κ1) is 21.1. The number of nitrogens with one attached hydrogen (secondary N) is 1. The van der Waals surface area contributed by atoms with E-state index in [1.165, 1.54) is 5.56 Å². The molecule has 0 bridgehead atoms. The van der Waals surface area contributed by atoms with E-state index in [0.29, 0.717) is 36.7 Å². The van der Waals surface area contributed by atoms with Crippen molar-refractivity contribution >= 4 is 17.5 Å². The molecule has 6 heteroatoms. The molecule has 33 heavy (non-hydrogen) atoms. The third-order valence-corrected chi connectivity index (χ3v) is 6.38. The zero-order chi connectivity index (χ0) is 22.8. The van der Waals surface area contributed by atoms with Crippen LogP contribution in [0.2, 0.25) is 0 Å². The summed E-state index contributed by atoms with van der Waals surface area (Å²) in [5.41, 5.74) is 3.40. The first-order valence-electron chi connectivity index (χ1n) is 11.2. The average molecular weight is 443 g/mol. The van der Waals surface area contributed by atoms with Crippen LogP contribution >= 0.6 is 0 Å². The number of hydrogen-bond donors (Lipinski definition) is 1. The maximum absolute atomic E-state index is 13.1. The molecule has 6 nitrogen and oxygen atoms in total. The summed E-state index contributed by atoms with van der Waals surface area (Å²) >= 11 is 0. The summed E-state index contributed by atoms with van der Waals surface area (Å²) in [5.74, 6) is 1.66. The van der Waals surface area contributed by atoms with Gasteiger partial charge < -0.3 is 19.7 Å². The summed E-state index contributed by atoms with van der Waals surface area (Å²) in [6.45, 7) is 1.39. The van der Waals surface area contributed by atoms with Gasteiger partial charge in [-0.2, -0.15) is 0 Å². The van der Waals surface area contributed by atoms with Crippen LogP contribution in [0.4, 0.5) is 5.69 Å². The van der Waals surface area contributed by atoms with Crippen molar-refractivity contribution in [2.75, 3.05) is 25.5 Å². The van der Waals surface area contributed by atoms with Crippen LogP contribution in [0.25, 0.3) is 0 Å². The van der Waals surface area contributed by atoms with Gasteiger partial charge >= 0.3 is 0 Å². The highest BCUT2D eigenvalue weighted by Gasteiger charge is 2.30. The second-order valence-electron chi connectivity index (χ2n) is 8.50. The minimum atomic E-state index is -0.564. The first-order valence-corrected chi connectivity index (χ1v) is 11.2. The summed E-state index contributed by atoms with van der Waals surface area (Å²) in [6.07, 6.45) is 0.903. The molecule has 2 aliphatic rings. The highest BCUT2D eigenvalue weighted by molar-refractivity contribution is 5.98. The Morgan fingerprint density at radius 2 is 1.85 bits per heavy atom. The van der Waals surface area contributed by atoms with E-state index >= 15 is 0 Å². The zero-order valence-electron chi connectivity index (χ0n) is 18.5. The molecular weight excluding hydrogens is 416 g/mol. The maximum Gasteiger partial charge on any atom is 0.265 e. The number of carbonyl (C=O) groups is 2. The molecule has 2 heterocycles. The van der Waals surface area contributed by atoms with E-state index in [-0.39, 0.29) is 11.8 Å². The van der Waals surface area contributed by atoms with E-state index in [0.717, 1.165) is 23.5 Å². The number of hydrogen-bond acceptors (Lipinski definition) is 4. The predicted octanol–water partition coefficient (Wildman–Crippen LogP) is 4.27. The third kappa shape index (κ3) is 4.42. The van der Waals surface area contributed by atoms with Crippen LogP contribution < -0.4 is 14.8 Å². The van der Waals surface area contributed by atoms with Crippen LogP contribution in [-0.2, 0) is 11.2 Å². The van der Waals surface area contributed by atoms with Crippen molar-refractivity contribution in [1.82, 2.24) is 4.90 Å². The topological polar surface area (TPSA) is 67.9 Å². The molecule has 3 aromatic rings. The average Bonchev–Trinajstić information content (AvgIpc) is 3.51. The molecule has 2 amide bonds. The van der Waals surface area contributed by atoms with E-state index in [4.69, 9.17) is 9.47 Å². The number of ether oxygens (including phenoxy) is 2. The van der Waals surface area contributed by atoms with Crippen LogP contribution in [0.5, 0.6) is 11.5 Å². The van der Waals surface area contributed by atoms with Crippen molar-refractivity contribution in [3.63, 3.8) is 0 Å². The van der Waals surface area contributed by atoms with Gasteiger partial charge in [0.1, 0.15) is 11.5 Å². The van der Waals surface area contributed by atoms with Crippen LogP contribution in [0.3, 0.4) is 0 Å². The molecule has 1 fully saturated rings. The smallest absolute Gasteiger partial charge is 0.265 e. The van der Waals surface area contributed by atoms with E-state index in [2.05, 4.69) is 17.4 Å². The Bertz CT molecular complexity index is 1150. The van der Waals surface area contributed by atoms with Gasteiger partial charge in [0.15, 0.2) is 6.10 Å². The normalized spacial score (nSPS) is 19.0. The van der Waals surface area contributed by atoms with Crippen molar-refractivity contribution in [2.24, 2.45) is 0 Å². The molecule has 3 aromatic carbocycles. The quantitative estimate of drug-likeness (QED) is 0.641. The van der Waals surface area contributed by atoms with Crippen LogP contribution in [0.1, 0.15) is 33.8 Å². The fraction of sp³-hybridized carbons (Fsp3) is 0.259. The molecule has 168 valence electrons. The number of anilines is 1. The summed E-state index contributed by atoms with van der Waals surface area (Å²) < 4.78 is 11.0. The third-order valence-electron chi connectivity index (χ3n) is 6.38. The summed E-state index contributed by atoms with van der Waals surface area (Å²) in [6, 6.07) is 22.8. The van der Waals surface area contributed by atoms with E-state index in [9.17, 15) is 9.59 Å². The molecule has 0 spiro atoms. The fourth-order valence-corrected chi connectivity index (χ4v) is 4.56. The lowest BCUT2D eigenvalue weighted by Crippen LogP contribution is -2.31. The minimum absolute atomic E-state index is 0.0216. The molecule has 1 N–H and O–H groups in total. The summed E-state index contributed by atoms with van der Waals surface area (Å²) in [5, 5.41) is 2.90. The number of likely N-dealkylation sites (tertiary alicyclic amines) is 1. The lowest BCUT2D eigenvalue weighted by atomic mass is 9.98. The highest BCUT2D eigenvalue weighted by Crippen LogP contribution is 2.30.